The van der Waals surface area contributed by atoms with Crippen molar-refractivity contribution in [2.45, 2.75) is 25.7 Å². The molecule has 0 unspecified atom stereocenters. The van der Waals surface area contributed by atoms with E-state index in [1.165, 1.54) is 37.4 Å². The van der Waals surface area contributed by atoms with E-state index < -0.39 is 46.5 Å². The number of hydrogen-bond acceptors (Lipinski definition) is 5. The molecule has 1 atom stereocenters. The van der Waals surface area contributed by atoms with Crippen molar-refractivity contribution in [2.75, 3.05) is 0 Å². The van der Waals surface area contributed by atoms with Gasteiger partial charge in [0.1, 0.15) is 23.0 Å². The number of carboxylic acid groups (broad SMARTS) is 1. The van der Waals surface area contributed by atoms with Gasteiger partial charge in [0.25, 0.3) is 11.5 Å². The third kappa shape index (κ3) is 4.34. The van der Waals surface area contributed by atoms with Crippen molar-refractivity contribution in [1.82, 2.24) is 14.9 Å². The van der Waals surface area contributed by atoms with E-state index in [0.29, 0.717) is 5.56 Å². The number of rotatable bonds is 5. The Morgan fingerprint density at radius 2 is 1.84 bits per heavy atom. The van der Waals surface area contributed by atoms with Gasteiger partial charge in [-0.05, 0) is 36.8 Å². The highest BCUT2D eigenvalue weighted by atomic mass is 19.4. The summed E-state index contributed by atoms with van der Waals surface area (Å²) in [5.74, 6) is -3.13. The van der Waals surface area contributed by atoms with Crippen molar-refractivity contribution in [1.29, 1.82) is 0 Å². The molecule has 11 heteroatoms. The number of carbonyl (C=O) groups excluding carboxylic acids is 1. The average Bonchev–Trinajstić information content (AvgIpc) is 2.70. The number of carbonyl (C=O) groups is 2. The number of carboxylic acids is 1. The molecule has 0 saturated carbocycles. The minimum Gasteiger partial charge on any atom is -0.506 e. The first-order valence-electron chi connectivity index (χ1n) is 8.91. The number of alkyl halides is 3. The summed E-state index contributed by atoms with van der Waals surface area (Å²) in [6, 6.07) is 5.61. The van der Waals surface area contributed by atoms with Crippen LogP contribution >= 0.6 is 0 Å². The third-order valence-corrected chi connectivity index (χ3v) is 4.56. The fraction of sp³-hybridized carbons (Fsp3) is 0.200. The second-order valence-corrected chi connectivity index (χ2v) is 6.72. The van der Waals surface area contributed by atoms with Gasteiger partial charge in [-0.15, -0.1) is 0 Å². The molecule has 0 radical (unpaired) electrons. The Morgan fingerprint density at radius 3 is 2.42 bits per heavy atom. The molecule has 3 N–H and O–H groups in total. The van der Waals surface area contributed by atoms with Crippen LogP contribution in [0.1, 0.15) is 28.4 Å². The maximum absolute atomic E-state index is 13.0. The molecule has 162 valence electrons. The van der Waals surface area contributed by atoms with Crippen LogP contribution in [0.25, 0.3) is 11.0 Å². The van der Waals surface area contributed by atoms with Gasteiger partial charge in [0.2, 0.25) is 0 Å². The van der Waals surface area contributed by atoms with Crippen LogP contribution in [-0.4, -0.2) is 37.7 Å². The Labute approximate surface area is 172 Å². The quantitative estimate of drug-likeness (QED) is 0.566. The summed E-state index contributed by atoms with van der Waals surface area (Å²) >= 11 is 0. The molecule has 0 saturated heterocycles. The normalized spacial score (nSPS) is 12.5. The van der Waals surface area contributed by atoms with Gasteiger partial charge in [-0.2, -0.15) is 13.2 Å². The van der Waals surface area contributed by atoms with Gasteiger partial charge in [-0.25, -0.2) is 4.98 Å². The number of pyridine rings is 2. The number of fused-ring (bicyclic) bond motifs is 1. The fourth-order valence-electron chi connectivity index (χ4n) is 2.93. The molecule has 0 aliphatic carbocycles. The van der Waals surface area contributed by atoms with E-state index in [0.717, 1.165) is 16.7 Å². The number of nitrogens with zero attached hydrogens (tertiary/aromatic N) is 2. The molecule has 31 heavy (non-hydrogen) atoms. The lowest BCUT2D eigenvalue weighted by molar-refractivity contribution is -0.139. The van der Waals surface area contributed by atoms with Gasteiger partial charge in [-0.1, -0.05) is 12.1 Å². The molecule has 8 nitrogen and oxygen atoms in total. The van der Waals surface area contributed by atoms with Crippen molar-refractivity contribution in [2.24, 2.45) is 0 Å². The lowest BCUT2D eigenvalue weighted by atomic mass is 10.1. The predicted molar refractivity (Wildman–Crippen MR) is 103 cm³/mol. The number of nitrogens with one attached hydrogen (secondary N) is 1. The highest BCUT2D eigenvalue weighted by Crippen LogP contribution is 2.29. The number of amides is 1. The Balaban J connectivity index is 2.12. The van der Waals surface area contributed by atoms with Crippen LogP contribution in [-0.2, 0) is 17.5 Å². The summed E-state index contributed by atoms with van der Waals surface area (Å²) in [4.78, 5) is 40.6. The number of aliphatic carboxylic acids is 1. The third-order valence-electron chi connectivity index (χ3n) is 4.56. The van der Waals surface area contributed by atoms with Crippen molar-refractivity contribution < 1.29 is 33.0 Å². The van der Waals surface area contributed by atoms with Gasteiger partial charge >= 0.3 is 12.1 Å². The van der Waals surface area contributed by atoms with E-state index in [2.05, 4.69) is 10.3 Å². The van der Waals surface area contributed by atoms with E-state index in [4.69, 9.17) is 5.11 Å². The molecule has 3 rings (SSSR count). The lowest BCUT2D eigenvalue weighted by Gasteiger charge is -2.15. The van der Waals surface area contributed by atoms with Crippen LogP contribution in [0.4, 0.5) is 13.2 Å². The van der Waals surface area contributed by atoms with Gasteiger partial charge in [0.15, 0.2) is 0 Å². The van der Waals surface area contributed by atoms with Crippen molar-refractivity contribution in [3.05, 3.63) is 69.6 Å². The van der Waals surface area contributed by atoms with E-state index >= 15 is 0 Å². The minimum atomic E-state index is -4.52. The number of benzene rings is 1. The summed E-state index contributed by atoms with van der Waals surface area (Å²) in [6.07, 6.45) is -3.18. The smallest absolute Gasteiger partial charge is 0.416 e. The molecule has 0 aliphatic rings. The number of aromatic nitrogens is 2. The summed E-state index contributed by atoms with van der Waals surface area (Å²) in [5, 5.41) is 21.6. The molecule has 2 heterocycles. The summed E-state index contributed by atoms with van der Waals surface area (Å²) in [6.45, 7) is 0.945. The standard InChI is InChI=1S/C20H16F3N3O5/c1-10(19(30)31)25-17(28)14-15(27)13-3-2-8-24-16(13)26(18(14)29)9-11-4-6-12(7-5-11)20(21,22)23/h2-8,10,27H,9H2,1H3,(H,25,28)(H,30,31)/t10-/m1/s1. The molecule has 1 aromatic carbocycles. The van der Waals surface area contributed by atoms with Gasteiger partial charge in [0.05, 0.1) is 17.5 Å². The number of hydrogen-bond donors (Lipinski definition) is 3. The Bertz CT molecular complexity index is 1220. The SMILES string of the molecule is C[C@@H](NC(=O)c1c(O)c2cccnc2n(Cc2ccc(C(F)(F)F)cc2)c1=O)C(=O)O. The van der Waals surface area contributed by atoms with Crippen LogP contribution in [0.2, 0.25) is 0 Å². The molecular formula is C20H16F3N3O5. The Kier molecular flexibility index (Phi) is 5.69. The van der Waals surface area contributed by atoms with Crippen LogP contribution in [0.15, 0.2) is 47.4 Å². The predicted octanol–water partition coefficient (Wildman–Crippen LogP) is 2.37. The molecule has 1 amide bonds. The zero-order valence-corrected chi connectivity index (χ0v) is 16.0. The first-order chi connectivity index (χ1) is 14.5. The largest absolute Gasteiger partial charge is 0.506 e. The highest BCUT2D eigenvalue weighted by molar-refractivity contribution is 6.02. The van der Waals surface area contributed by atoms with Crippen LogP contribution in [0.3, 0.4) is 0 Å². The molecule has 0 bridgehead atoms. The maximum atomic E-state index is 13.0. The van der Waals surface area contributed by atoms with Crippen LogP contribution in [0, 0.1) is 0 Å². The first kappa shape index (κ1) is 21.8. The first-order valence-corrected chi connectivity index (χ1v) is 8.91. The zero-order valence-electron chi connectivity index (χ0n) is 16.0. The maximum Gasteiger partial charge on any atom is 0.416 e. The minimum absolute atomic E-state index is 0.00716. The lowest BCUT2D eigenvalue weighted by Crippen LogP contribution is -2.41. The van der Waals surface area contributed by atoms with Gasteiger partial charge < -0.3 is 15.5 Å². The molecule has 0 aliphatic heterocycles. The monoisotopic (exact) mass is 435 g/mol. The topological polar surface area (TPSA) is 122 Å². The molecule has 0 spiro atoms. The fourth-order valence-corrected chi connectivity index (χ4v) is 2.93. The second kappa shape index (κ2) is 8.09. The Hall–Kier alpha value is -3.89. The van der Waals surface area contributed by atoms with E-state index in [1.807, 2.05) is 0 Å². The Morgan fingerprint density at radius 1 is 1.19 bits per heavy atom. The number of halogens is 3. The van der Waals surface area contributed by atoms with E-state index in [9.17, 15) is 32.7 Å². The summed E-state index contributed by atoms with van der Waals surface area (Å²) in [7, 11) is 0. The second-order valence-electron chi connectivity index (χ2n) is 6.72. The molecular weight excluding hydrogens is 419 g/mol. The molecule has 0 fully saturated rings. The van der Waals surface area contributed by atoms with Crippen LogP contribution in [0.5, 0.6) is 5.75 Å². The van der Waals surface area contributed by atoms with Crippen molar-refractivity contribution >= 4 is 22.9 Å². The van der Waals surface area contributed by atoms with Crippen molar-refractivity contribution in [3.8, 4) is 5.75 Å². The highest BCUT2D eigenvalue weighted by Gasteiger charge is 2.30. The zero-order chi connectivity index (χ0) is 22.9. The van der Waals surface area contributed by atoms with E-state index in [-0.39, 0.29) is 17.6 Å². The van der Waals surface area contributed by atoms with Crippen molar-refractivity contribution in [3.63, 3.8) is 0 Å². The average molecular weight is 435 g/mol. The number of aromatic hydroxyl groups is 1. The van der Waals surface area contributed by atoms with Gasteiger partial charge in [0, 0.05) is 6.20 Å². The van der Waals surface area contributed by atoms with Crippen LogP contribution < -0.4 is 10.9 Å². The van der Waals surface area contributed by atoms with E-state index in [1.54, 1.807) is 0 Å². The van der Waals surface area contributed by atoms with Gasteiger partial charge in [-0.3, -0.25) is 19.0 Å². The summed E-state index contributed by atoms with van der Waals surface area (Å²) < 4.78 is 39.4. The molecule has 3 aromatic rings. The summed E-state index contributed by atoms with van der Waals surface area (Å²) in [5.41, 5.74) is -2.20. The molecule has 2 aromatic heterocycles.